The Morgan fingerprint density at radius 3 is 2.68 bits per heavy atom. The van der Waals surface area contributed by atoms with E-state index in [0.717, 1.165) is 18.5 Å². The highest BCUT2D eigenvalue weighted by molar-refractivity contribution is 7.11. The Morgan fingerprint density at radius 2 is 1.96 bits per heavy atom. The molecule has 132 valence electrons. The van der Waals surface area contributed by atoms with Crippen molar-refractivity contribution in [1.82, 2.24) is 4.57 Å². The first-order valence-corrected chi connectivity index (χ1v) is 9.37. The fraction of sp³-hybridized carbons (Fsp3) is 0.421. The minimum Gasteiger partial charge on any atom is -0.462 e. The normalized spacial score (nSPS) is 14.3. The van der Waals surface area contributed by atoms with Gasteiger partial charge in [-0.05, 0) is 62.8 Å². The van der Waals surface area contributed by atoms with Crippen LogP contribution in [0.5, 0.6) is 0 Å². The molecule has 5 nitrogen and oxygen atoms in total. The maximum absolute atomic E-state index is 12.6. The predicted octanol–water partition coefficient (Wildman–Crippen LogP) is 3.19. The number of rotatable bonds is 3. The molecule has 0 spiro atoms. The summed E-state index contributed by atoms with van der Waals surface area (Å²) in [4.78, 5) is 29.8. The first kappa shape index (κ1) is 17.6. The van der Waals surface area contributed by atoms with Crippen LogP contribution in [-0.4, -0.2) is 23.1 Å². The molecule has 3 rings (SSSR count). The van der Waals surface area contributed by atoms with E-state index < -0.39 is 0 Å². The molecule has 6 heteroatoms. The van der Waals surface area contributed by atoms with Gasteiger partial charge in [0, 0.05) is 18.3 Å². The van der Waals surface area contributed by atoms with Crippen LogP contribution in [0.15, 0.2) is 23.2 Å². The van der Waals surface area contributed by atoms with E-state index in [0.29, 0.717) is 21.8 Å². The van der Waals surface area contributed by atoms with Gasteiger partial charge in [0.2, 0.25) is 0 Å². The average molecular weight is 358 g/mol. The summed E-state index contributed by atoms with van der Waals surface area (Å²) in [5.41, 5.74) is 3.95. The van der Waals surface area contributed by atoms with Crippen LogP contribution in [0.25, 0.3) is 0 Å². The van der Waals surface area contributed by atoms with Crippen LogP contribution in [0, 0.1) is 6.92 Å². The molecule has 0 N–H and O–H groups in total. The van der Waals surface area contributed by atoms with Crippen LogP contribution in [0.1, 0.15) is 56.6 Å². The van der Waals surface area contributed by atoms with Crippen LogP contribution < -0.4 is 4.80 Å². The van der Waals surface area contributed by atoms with Gasteiger partial charge in [0.15, 0.2) is 4.80 Å². The zero-order valence-corrected chi connectivity index (χ0v) is 15.6. The molecular formula is C19H22N2O3S. The lowest BCUT2D eigenvalue weighted by molar-refractivity contribution is 0.0530. The second-order valence-corrected chi connectivity index (χ2v) is 7.16. The van der Waals surface area contributed by atoms with E-state index in [1.54, 1.807) is 18.5 Å². The number of thiazole rings is 1. The molecule has 0 atom stereocenters. The fourth-order valence-corrected chi connectivity index (χ4v) is 4.04. The van der Waals surface area contributed by atoms with E-state index in [2.05, 4.69) is 4.99 Å². The summed E-state index contributed by atoms with van der Waals surface area (Å²) in [6, 6.07) is 5.86. The molecule has 0 aliphatic heterocycles. The number of fused-ring (bicyclic) bond motifs is 1. The van der Waals surface area contributed by atoms with Crippen molar-refractivity contribution in [2.24, 2.45) is 12.0 Å². The fourth-order valence-electron chi connectivity index (χ4n) is 3.03. The summed E-state index contributed by atoms with van der Waals surface area (Å²) < 4.78 is 6.82. The Morgan fingerprint density at radius 1 is 1.24 bits per heavy atom. The van der Waals surface area contributed by atoms with Crippen LogP contribution in [0.4, 0.5) is 0 Å². The van der Waals surface area contributed by atoms with Crippen LogP contribution in [-0.2, 0) is 24.6 Å². The number of carbonyl (C=O) groups excluding carboxylic acids is 2. The van der Waals surface area contributed by atoms with E-state index in [1.165, 1.54) is 35.3 Å². The molecule has 0 bridgehead atoms. The third-order valence-corrected chi connectivity index (χ3v) is 5.78. The van der Waals surface area contributed by atoms with Crippen molar-refractivity contribution in [3.05, 3.63) is 50.3 Å². The number of aromatic nitrogens is 1. The molecule has 1 heterocycles. The molecule has 0 unspecified atom stereocenters. The molecule has 1 aromatic carbocycles. The Kier molecular flexibility index (Phi) is 5.18. The van der Waals surface area contributed by atoms with E-state index in [-0.39, 0.29) is 11.9 Å². The van der Waals surface area contributed by atoms with E-state index in [1.807, 2.05) is 25.1 Å². The lowest BCUT2D eigenvalue weighted by Gasteiger charge is -2.15. The van der Waals surface area contributed by atoms with E-state index in [9.17, 15) is 9.59 Å². The SMILES string of the molecule is CCOC(=O)c1sc(=NC(=O)c2ccc3c(c2)CCCC3)n(C)c1C. The summed E-state index contributed by atoms with van der Waals surface area (Å²) >= 11 is 1.19. The highest BCUT2D eigenvalue weighted by Gasteiger charge is 2.17. The molecule has 1 amide bonds. The van der Waals surface area contributed by atoms with Gasteiger partial charge in [0.05, 0.1) is 6.61 Å². The van der Waals surface area contributed by atoms with Crippen molar-refractivity contribution in [1.29, 1.82) is 0 Å². The van der Waals surface area contributed by atoms with Gasteiger partial charge < -0.3 is 9.30 Å². The zero-order chi connectivity index (χ0) is 18.0. The number of hydrogen-bond acceptors (Lipinski definition) is 4. The molecule has 2 aromatic rings. The molecular weight excluding hydrogens is 336 g/mol. The van der Waals surface area contributed by atoms with Gasteiger partial charge in [-0.15, -0.1) is 0 Å². The van der Waals surface area contributed by atoms with Crippen LogP contribution >= 0.6 is 11.3 Å². The van der Waals surface area contributed by atoms with Crippen molar-refractivity contribution in [3.8, 4) is 0 Å². The van der Waals surface area contributed by atoms with E-state index >= 15 is 0 Å². The summed E-state index contributed by atoms with van der Waals surface area (Å²) in [7, 11) is 1.80. The molecule has 0 radical (unpaired) electrons. The number of esters is 1. The second-order valence-electron chi connectivity index (χ2n) is 6.19. The minimum atomic E-state index is -0.372. The lowest BCUT2D eigenvalue weighted by atomic mass is 9.90. The maximum atomic E-state index is 12.6. The highest BCUT2D eigenvalue weighted by atomic mass is 32.1. The minimum absolute atomic E-state index is 0.277. The number of nitrogens with zero attached hydrogens (tertiary/aromatic N) is 2. The molecule has 25 heavy (non-hydrogen) atoms. The average Bonchev–Trinajstić information content (AvgIpc) is 2.90. The van der Waals surface area contributed by atoms with Crippen molar-refractivity contribution < 1.29 is 14.3 Å². The number of benzene rings is 1. The van der Waals surface area contributed by atoms with Gasteiger partial charge >= 0.3 is 5.97 Å². The molecule has 0 saturated heterocycles. The smallest absolute Gasteiger partial charge is 0.350 e. The van der Waals surface area contributed by atoms with Crippen molar-refractivity contribution in [3.63, 3.8) is 0 Å². The highest BCUT2D eigenvalue weighted by Crippen LogP contribution is 2.22. The standard InChI is InChI=1S/C19H22N2O3S/c1-4-24-18(23)16-12(2)21(3)19(25-16)20-17(22)15-10-9-13-7-5-6-8-14(13)11-15/h9-11H,4-8H2,1-3H3. The summed E-state index contributed by atoms with van der Waals surface area (Å²) in [6.07, 6.45) is 4.49. The first-order valence-electron chi connectivity index (χ1n) is 8.55. The molecule has 0 saturated carbocycles. The van der Waals surface area contributed by atoms with Gasteiger partial charge in [-0.25, -0.2) is 4.79 Å². The van der Waals surface area contributed by atoms with Crippen molar-refractivity contribution in [2.75, 3.05) is 6.61 Å². The molecule has 1 aliphatic carbocycles. The third-order valence-electron chi connectivity index (χ3n) is 4.57. The van der Waals surface area contributed by atoms with E-state index in [4.69, 9.17) is 4.74 Å². The van der Waals surface area contributed by atoms with Gasteiger partial charge in [0.1, 0.15) is 4.88 Å². The Balaban J connectivity index is 1.94. The molecule has 1 aliphatic rings. The topological polar surface area (TPSA) is 60.7 Å². The molecule has 0 fully saturated rings. The Bertz CT molecular complexity index is 893. The van der Waals surface area contributed by atoms with Gasteiger partial charge in [-0.3, -0.25) is 4.79 Å². The maximum Gasteiger partial charge on any atom is 0.350 e. The quantitative estimate of drug-likeness (QED) is 0.792. The summed E-state index contributed by atoms with van der Waals surface area (Å²) in [6.45, 7) is 3.91. The monoisotopic (exact) mass is 358 g/mol. The van der Waals surface area contributed by atoms with Crippen LogP contribution in [0.3, 0.4) is 0 Å². The number of carbonyl (C=O) groups is 2. The number of ether oxygens (including phenoxy) is 1. The van der Waals surface area contributed by atoms with Gasteiger partial charge in [-0.1, -0.05) is 17.4 Å². The van der Waals surface area contributed by atoms with Crippen LogP contribution in [0.2, 0.25) is 0 Å². The predicted molar refractivity (Wildman–Crippen MR) is 97.0 cm³/mol. The summed E-state index contributed by atoms with van der Waals surface area (Å²) in [5.74, 6) is -0.649. The number of aryl methyl sites for hydroxylation is 2. The van der Waals surface area contributed by atoms with Crippen molar-refractivity contribution in [2.45, 2.75) is 39.5 Å². The first-order chi connectivity index (χ1) is 12.0. The Hall–Kier alpha value is -2.21. The largest absolute Gasteiger partial charge is 0.462 e. The number of hydrogen-bond donors (Lipinski definition) is 0. The van der Waals surface area contributed by atoms with Gasteiger partial charge in [-0.2, -0.15) is 4.99 Å². The summed E-state index contributed by atoms with van der Waals surface area (Å²) in [5, 5.41) is 0. The Labute approximate surface area is 151 Å². The van der Waals surface area contributed by atoms with Crippen molar-refractivity contribution >= 4 is 23.2 Å². The second kappa shape index (κ2) is 7.35. The third kappa shape index (κ3) is 3.58. The lowest BCUT2D eigenvalue weighted by Crippen LogP contribution is -2.15. The molecule has 1 aromatic heterocycles. The van der Waals surface area contributed by atoms with Gasteiger partial charge in [0.25, 0.3) is 5.91 Å². The zero-order valence-electron chi connectivity index (χ0n) is 14.8. The number of amides is 1.